The van der Waals surface area contributed by atoms with Crippen LogP contribution in [0.5, 0.6) is 0 Å². The zero-order valence-corrected chi connectivity index (χ0v) is 17.4. The number of imidazole rings is 3. The summed E-state index contributed by atoms with van der Waals surface area (Å²) in [6.45, 7) is 0. The Morgan fingerprint density at radius 3 is 2.06 bits per heavy atom. The molecule has 7 rings (SSSR count). The summed E-state index contributed by atoms with van der Waals surface area (Å²) in [5.74, 6) is 1.65. The summed E-state index contributed by atoms with van der Waals surface area (Å²) in [7, 11) is 0. The second-order valence-corrected chi connectivity index (χ2v) is 7.99. The number of nitrogens with zero attached hydrogens (tertiary/aromatic N) is 5. The van der Waals surface area contributed by atoms with Crippen molar-refractivity contribution < 1.29 is 0 Å². The van der Waals surface area contributed by atoms with Crippen molar-refractivity contribution in [1.82, 2.24) is 34.3 Å². The van der Waals surface area contributed by atoms with Crippen molar-refractivity contribution in [2.24, 2.45) is 0 Å². The van der Waals surface area contributed by atoms with Crippen LogP contribution < -0.4 is 0 Å². The topological polar surface area (TPSA) is 87.6 Å². The third-order valence-electron chi connectivity index (χ3n) is 5.90. The van der Waals surface area contributed by atoms with E-state index in [4.69, 9.17) is 9.97 Å². The lowest BCUT2D eigenvalue weighted by Crippen LogP contribution is -1.86. The normalized spacial score (nSPS) is 11.6. The summed E-state index contributed by atoms with van der Waals surface area (Å²) in [5, 5.41) is 0. The molecule has 0 fully saturated rings. The van der Waals surface area contributed by atoms with E-state index in [0.717, 1.165) is 61.6 Å². The van der Waals surface area contributed by atoms with Crippen LogP contribution in [-0.2, 0) is 0 Å². The van der Waals surface area contributed by atoms with E-state index in [9.17, 15) is 0 Å². The molecule has 0 radical (unpaired) electrons. The first-order valence-corrected chi connectivity index (χ1v) is 10.6. The lowest BCUT2D eigenvalue weighted by molar-refractivity contribution is 1.17. The Kier molecular flexibility index (Phi) is 3.71. The molecule has 156 valence electrons. The van der Waals surface area contributed by atoms with Gasteiger partial charge in [-0.1, -0.05) is 12.1 Å². The summed E-state index contributed by atoms with van der Waals surface area (Å²) in [5.41, 5.74) is 8.92. The van der Waals surface area contributed by atoms with Gasteiger partial charge in [-0.3, -0.25) is 4.98 Å². The highest BCUT2D eigenvalue weighted by molar-refractivity contribution is 5.88. The molecule has 0 saturated carbocycles. The molecule has 0 atom stereocenters. The summed E-state index contributed by atoms with van der Waals surface area (Å²) in [6, 6.07) is 20.5. The quantitative estimate of drug-likeness (QED) is 0.391. The first kappa shape index (κ1) is 17.9. The lowest BCUT2D eigenvalue weighted by atomic mass is 10.0. The Morgan fingerprint density at radius 2 is 1.36 bits per heavy atom. The Morgan fingerprint density at radius 1 is 0.667 bits per heavy atom. The molecule has 0 aliphatic rings. The predicted molar refractivity (Wildman–Crippen MR) is 129 cm³/mol. The Labute approximate surface area is 187 Å². The highest BCUT2D eigenvalue weighted by Gasteiger charge is 2.10. The largest absolute Gasteiger partial charge is 0.338 e. The minimum atomic E-state index is 0.817. The minimum absolute atomic E-state index is 0.817. The Bertz CT molecular complexity index is 1770. The summed E-state index contributed by atoms with van der Waals surface area (Å²) >= 11 is 0. The van der Waals surface area contributed by atoms with Gasteiger partial charge in [0, 0.05) is 42.1 Å². The van der Waals surface area contributed by atoms with Gasteiger partial charge >= 0.3 is 0 Å². The lowest BCUT2D eigenvalue weighted by Gasteiger charge is -2.01. The Balaban J connectivity index is 1.27. The smallest absolute Gasteiger partial charge is 0.140 e. The zero-order valence-electron chi connectivity index (χ0n) is 17.4. The third kappa shape index (κ3) is 2.98. The van der Waals surface area contributed by atoms with Gasteiger partial charge in [-0.05, 0) is 59.7 Å². The molecule has 0 aliphatic carbocycles. The van der Waals surface area contributed by atoms with Gasteiger partial charge in [-0.15, -0.1) is 0 Å². The van der Waals surface area contributed by atoms with Crippen molar-refractivity contribution in [3.63, 3.8) is 0 Å². The van der Waals surface area contributed by atoms with Gasteiger partial charge in [-0.25, -0.2) is 15.0 Å². The van der Waals surface area contributed by atoms with Crippen LogP contribution in [0.4, 0.5) is 0 Å². The van der Waals surface area contributed by atoms with Gasteiger partial charge in [0.1, 0.15) is 17.3 Å². The van der Waals surface area contributed by atoms with Crippen LogP contribution in [0.1, 0.15) is 0 Å². The molecule has 2 aromatic carbocycles. The molecule has 0 amide bonds. The van der Waals surface area contributed by atoms with Crippen molar-refractivity contribution in [3.05, 3.63) is 91.6 Å². The van der Waals surface area contributed by atoms with E-state index in [1.54, 1.807) is 12.4 Å². The summed E-state index contributed by atoms with van der Waals surface area (Å²) in [4.78, 5) is 24.9. The van der Waals surface area contributed by atoms with Crippen molar-refractivity contribution in [3.8, 4) is 33.9 Å². The van der Waals surface area contributed by atoms with Crippen LogP contribution in [0.2, 0.25) is 0 Å². The fourth-order valence-corrected chi connectivity index (χ4v) is 4.21. The van der Waals surface area contributed by atoms with Crippen LogP contribution in [0.25, 0.3) is 61.6 Å². The molecule has 33 heavy (non-hydrogen) atoms. The van der Waals surface area contributed by atoms with E-state index in [2.05, 4.69) is 56.3 Å². The summed E-state index contributed by atoms with van der Waals surface area (Å²) in [6.07, 6.45) is 9.33. The van der Waals surface area contributed by atoms with Crippen molar-refractivity contribution >= 4 is 27.7 Å². The van der Waals surface area contributed by atoms with Crippen LogP contribution in [0.15, 0.2) is 91.6 Å². The van der Waals surface area contributed by atoms with Crippen LogP contribution in [0, 0.1) is 0 Å². The second kappa shape index (κ2) is 6.86. The SMILES string of the molecule is c1cncc(-c2nc3cc(-c4ccc5[nH]c(-c6ccc7nccn7c6)nc5c4)ccc3[nH]2)c1. The molecule has 5 aromatic heterocycles. The number of hydrogen-bond donors (Lipinski definition) is 2. The number of aromatic amines is 2. The zero-order chi connectivity index (χ0) is 21.8. The van der Waals surface area contributed by atoms with Crippen LogP contribution in [0.3, 0.4) is 0 Å². The number of H-pyrrole nitrogens is 2. The van der Waals surface area contributed by atoms with E-state index in [1.165, 1.54) is 0 Å². The van der Waals surface area contributed by atoms with E-state index in [0.29, 0.717) is 0 Å². The van der Waals surface area contributed by atoms with E-state index < -0.39 is 0 Å². The van der Waals surface area contributed by atoms with E-state index >= 15 is 0 Å². The molecule has 0 bridgehead atoms. The van der Waals surface area contributed by atoms with Crippen molar-refractivity contribution in [2.75, 3.05) is 0 Å². The fourth-order valence-electron chi connectivity index (χ4n) is 4.21. The average molecular weight is 427 g/mol. The standard InChI is InChI=1S/C26H17N7/c1-2-18(14-27-9-1)25-29-20-6-3-16(12-22(20)31-25)17-4-7-21-23(13-17)32-26(30-21)19-5-8-24-28-10-11-33(24)15-19/h1-15H,(H,29,31)(H,30,32). The maximum Gasteiger partial charge on any atom is 0.140 e. The average Bonchev–Trinajstić information content (AvgIpc) is 3.60. The van der Waals surface area contributed by atoms with E-state index in [-0.39, 0.29) is 0 Å². The second-order valence-electron chi connectivity index (χ2n) is 7.99. The van der Waals surface area contributed by atoms with Crippen LogP contribution in [-0.4, -0.2) is 34.3 Å². The molecular weight excluding hydrogens is 410 g/mol. The van der Waals surface area contributed by atoms with Gasteiger partial charge in [0.15, 0.2) is 0 Å². The number of benzene rings is 2. The highest BCUT2D eigenvalue weighted by Crippen LogP contribution is 2.29. The summed E-state index contributed by atoms with van der Waals surface area (Å²) < 4.78 is 1.99. The van der Waals surface area contributed by atoms with Gasteiger partial charge < -0.3 is 14.4 Å². The third-order valence-corrected chi connectivity index (χ3v) is 5.90. The molecule has 0 saturated heterocycles. The van der Waals surface area contributed by atoms with Crippen LogP contribution >= 0.6 is 0 Å². The number of hydrogen-bond acceptors (Lipinski definition) is 4. The van der Waals surface area contributed by atoms with Gasteiger partial charge in [0.25, 0.3) is 0 Å². The maximum absolute atomic E-state index is 4.85. The Hall–Kier alpha value is -4.78. The fraction of sp³-hybridized carbons (Fsp3) is 0. The van der Waals surface area contributed by atoms with Gasteiger partial charge in [0.2, 0.25) is 0 Å². The molecule has 0 spiro atoms. The molecule has 0 aliphatic heterocycles. The van der Waals surface area contributed by atoms with E-state index in [1.807, 2.05) is 47.3 Å². The number of pyridine rings is 2. The monoisotopic (exact) mass is 427 g/mol. The highest BCUT2D eigenvalue weighted by atomic mass is 15.0. The van der Waals surface area contributed by atoms with Crippen molar-refractivity contribution in [2.45, 2.75) is 0 Å². The number of aromatic nitrogens is 7. The molecule has 7 aromatic rings. The predicted octanol–water partition coefficient (Wildman–Crippen LogP) is 5.48. The minimum Gasteiger partial charge on any atom is -0.338 e. The number of nitrogens with one attached hydrogen (secondary N) is 2. The molecule has 7 nitrogen and oxygen atoms in total. The first-order valence-electron chi connectivity index (χ1n) is 10.6. The van der Waals surface area contributed by atoms with Gasteiger partial charge in [-0.2, -0.15) is 0 Å². The molecular formula is C26H17N7. The molecule has 5 heterocycles. The molecule has 7 heteroatoms. The number of fused-ring (bicyclic) bond motifs is 3. The molecule has 0 unspecified atom stereocenters. The van der Waals surface area contributed by atoms with Crippen molar-refractivity contribution in [1.29, 1.82) is 0 Å². The van der Waals surface area contributed by atoms with Gasteiger partial charge in [0.05, 0.1) is 22.1 Å². The first-order chi connectivity index (χ1) is 16.3. The number of rotatable bonds is 3. The molecule has 2 N–H and O–H groups in total. The maximum atomic E-state index is 4.85.